The van der Waals surface area contributed by atoms with Gasteiger partial charge in [0.1, 0.15) is 11.6 Å². The molecule has 0 unspecified atom stereocenters. The molecule has 7 nitrogen and oxygen atoms in total. The van der Waals surface area contributed by atoms with Crippen LogP contribution in [0.4, 0.5) is 5.82 Å². The average molecular weight is 390 g/mol. The van der Waals surface area contributed by atoms with Crippen LogP contribution in [0, 0.1) is 6.92 Å². The molecule has 0 radical (unpaired) electrons. The van der Waals surface area contributed by atoms with Crippen LogP contribution in [0.15, 0.2) is 48.7 Å². The van der Waals surface area contributed by atoms with E-state index in [1.165, 1.54) is 0 Å². The second-order valence-electron chi connectivity index (χ2n) is 6.55. The normalized spacial score (nSPS) is 10.9. The fourth-order valence-corrected chi connectivity index (χ4v) is 3.43. The number of rotatable bonds is 5. The smallest absolute Gasteiger partial charge is 0.165 e. The van der Waals surface area contributed by atoms with E-state index in [0.29, 0.717) is 23.0 Å². The number of ether oxygens (including phenoxy) is 3. The predicted octanol–water partition coefficient (Wildman–Crippen LogP) is 3.98. The summed E-state index contributed by atoms with van der Waals surface area (Å²) in [5.41, 5.74) is 11.6. The first kappa shape index (κ1) is 18.6. The maximum Gasteiger partial charge on any atom is 0.165 e. The predicted molar refractivity (Wildman–Crippen MR) is 113 cm³/mol. The van der Waals surface area contributed by atoms with E-state index in [2.05, 4.69) is 10.1 Å². The first-order valence-corrected chi connectivity index (χ1v) is 9.08. The number of methoxy groups -OCH3 is 3. The number of hydrogen-bond acceptors (Lipinski definition) is 6. The van der Waals surface area contributed by atoms with Gasteiger partial charge in [-0.05, 0) is 42.3 Å². The van der Waals surface area contributed by atoms with Crippen molar-refractivity contribution in [1.82, 2.24) is 14.6 Å². The lowest BCUT2D eigenvalue weighted by molar-refractivity contribution is 0.355. The quantitative estimate of drug-likeness (QED) is 0.555. The van der Waals surface area contributed by atoms with E-state index in [9.17, 15) is 0 Å². The van der Waals surface area contributed by atoms with E-state index in [1.54, 1.807) is 32.0 Å². The fraction of sp³-hybridized carbons (Fsp3) is 0.182. The molecule has 0 atom stereocenters. The number of nitrogens with zero attached hydrogens (tertiary/aromatic N) is 3. The molecule has 0 saturated carbocycles. The molecule has 0 fully saturated rings. The van der Waals surface area contributed by atoms with Crippen molar-refractivity contribution < 1.29 is 14.2 Å². The van der Waals surface area contributed by atoms with E-state index in [1.807, 2.05) is 49.4 Å². The average Bonchev–Trinajstić information content (AvgIpc) is 3.10. The van der Waals surface area contributed by atoms with E-state index in [0.717, 1.165) is 33.7 Å². The number of nitrogens with two attached hydrogens (primary N) is 1. The van der Waals surface area contributed by atoms with E-state index in [-0.39, 0.29) is 0 Å². The molecular formula is C22H22N4O3. The van der Waals surface area contributed by atoms with Crippen molar-refractivity contribution in [2.75, 3.05) is 27.1 Å². The highest BCUT2D eigenvalue weighted by molar-refractivity contribution is 5.84. The molecule has 0 amide bonds. The lowest BCUT2D eigenvalue weighted by Gasteiger charge is -2.11. The van der Waals surface area contributed by atoms with Crippen molar-refractivity contribution in [3.63, 3.8) is 0 Å². The zero-order chi connectivity index (χ0) is 20.5. The van der Waals surface area contributed by atoms with Gasteiger partial charge >= 0.3 is 0 Å². The summed E-state index contributed by atoms with van der Waals surface area (Å²) in [5.74, 6) is 2.58. The van der Waals surface area contributed by atoms with Gasteiger partial charge in [0, 0.05) is 17.3 Å². The number of aromatic nitrogens is 3. The lowest BCUT2D eigenvalue weighted by Crippen LogP contribution is -2.03. The second kappa shape index (κ2) is 7.35. The van der Waals surface area contributed by atoms with Crippen molar-refractivity contribution >= 4 is 11.5 Å². The molecule has 2 aromatic carbocycles. The topological polar surface area (TPSA) is 83.9 Å². The summed E-state index contributed by atoms with van der Waals surface area (Å²) in [6.07, 6.45) is 1.76. The van der Waals surface area contributed by atoms with E-state index in [4.69, 9.17) is 19.9 Å². The SMILES string of the molecule is COc1ccc(-c2c(C)nn3c(N)c(-c4ccc(OC)c(OC)c4)cnc23)cc1. The minimum Gasteiger partial charge on any atom is -0.497 e. The van der Waals surface area contributed by atoms with Gasteiger partial charge in [-0.1, -0.05) is 18.2 Å². The molecule has 29 heavy (non-hydrogen) atoms. The van der Waals surface area contributed by atoms with Crippen LogP contribution in [0.1, 0.15) is 5.69 Å². The molecule has 148 valence electrons. The molecule has 4 aromatic rings. The molecule has 0 aliphatic heterocycles. The summed E-state index contributed by atoms with van der Waals surface area (Å²) in [4.78, 5) is 4.67. The molecule has 7 heteroatoms. The highest BCUT2D eigenvalue weighted by Gasteiger charge is 2.18. The Kier molecular flexibility index (Phi) is 4.72. The molecular weight excluding hydrogens is 368 g/mol. The zero-order valence-electron chi connectivity index (χ0n) is 16.8. The zero-order valence-corrected chi connectivity index (χ0v) is 16.8. The Labute approximate surface area is 168 Å². The minimum atomic E-state index is 0.505. The summed E-state index contributed by atoms with van der Waals surface area (Å²) in [7, 11) is 4.85. The molecule has 0 saturated heterocycles. The largest absolute Gasteiger partial charge is 0.497 e. The summed E-state index contributed by atoms with van der Waals surface area (Å²) < 4.78 is 17.6. The van der Waals surface area contributed by atoms with Crippen LogP contribution in [-0.4, -0.2) is 35.9 Å². The molecule has 0 aliphatic carbocycles. The number of anilines is 1. The Morgan fingerprint density at radius 2 is 1.55 bits per heavy atom. The van der Waals surface area contributed by atoms with Gasteiger partial charge in [-0.2, -0.15) is 9.61 Å². The van der Waals surface area contributed by atoms with Crippen LogP contribution in [0.2, 0.25) is 0 Å². The van der Waals surface area contributed by atoms with Crippen LogP contribution in [-0.2, 0) is 0 Å². The summed E-state index contributed by atoms with van der Waals surface area (Å²) in [6, 6.07) is 13.4. The Balaban J connectivity index is 1.85. The Hall–Kier alpha value is -3.74. The van der Waals surface area contributed by atoms with Crippen LogP contribution < -0.4 is 19.9 Å². The summed E-state index contributed by atoms with van der Waals surface area (Å²) >= 11 is 0. The Bertz CT molecular complexity index is 1180. The lowest BCUT2D eigenvalue weighted by atomic mass is 10.1. The molecule has 2 aromatic heterocycles. The van der Waals surface area contributed by atoms with Crippen molar-refractivity contribution in [2.24, 2.45) is 0 Å². The van der Waals surface area contributed by atoms with Gasteiger partial charge in [0.2, 0.25) is 0 Å². The highest BCUT2D eigenvalue weighted by Crippen LogP contribution is 2.36. The van der Waals surface area contributed by atoms with Gasteiger partial charge in [0.15, 0.2) is 17.1 Å². The number of fused-ring (bicyclic) bond motifs is 1. The molecule has 0 aliphatic rings. The van der Waals surface area contributed by atoms with Gasteiger partial charge in [0.05, 0.1) is 27.0 Å². The number of benzene rings is 2. The van der Waals surface area contributed by atoms with Gasteiger partial charge < -0.3 is 19.9 Å². The molecule has 2 heterocycles. The van der Waals surface area contributed by atoms with Crippen LogP contribution in [0.5, 0.6) is 17.2 Å². The second-order valence-corrected chi connectivity index (χ2v) is 6.55. The van der Waals surface area contributed by atoms with E-state index < -0.39 is 0 Å². The van der Waals surface area contributed by atoms with Crippen LogP contribution in [0.3, 0.4) is 0 Å². The molecule has 2 N–H and O–H groups in total. The fourth-order valence-electron chi connectivity index (χ4n) is 3.43. The highest BCUT2D eigenvalue weighted by atomic mass is 16.5. The maximum absolute atomic E-state index is 6.49. The number of nitrogen functional groups attached to an aromatic ring is 1. The molecule has 0 spiro atoms. The van der Waals surface area contributed by atoms with Crippen molar-refractivity contribution in [3.8, 4) is 39.5 Å². The maximum atomic E-state index is 6.49. The molecule has 0 bridgehead atoms. The summed E-state index contributed by atoms with van der Waals surface area (Å²) in [6.45, 7) is 1.95. The van der Waals surface area contributed by atoms with Gasteiger partial charge in [-0.3, -0.25) is 0 Å². The van der Waals surface area contributed by atoms with E-state index >= 15 is 0 Å². The van der Waals surface area contributed by atoms with Gasteiger partial charge in [0.25, 0.3) is 0 Å². The first-order valence-electron chi connectivity index (χ1n) is 9.08. The van der Waals surface area contributed by atoms with Crippen LogP contribution in [0.25, 0.3) is 27.9 Å². The van der Waals surface area contributed by atoms with Crippen molar-refractivity contribution in [2.45, 2.75) is 6.92 Å². The third-order valence-corrected chi connectivity index (χ3v) is 4.93. The third-order valence-electron chi connectivity index (χ3n) is 4.93. The number of aryl methyl sites for hydroxylation is 1. The Morgan fingerprint density at radius 1 is 0.862 bits per heavy atom. The van der Waals surface area contributed by atoms with Crippen molar-refractivity contribution in [1.29, 1.82) is 0 Å². The third kappa shape index (κ3) is 3.10. The van der Waals surface area contributed by atoms with Crippen LogP contribution >= 0.6 is 0 Å². The minimum absolute atomic E-state index is 0.505. The Morgan fingerprint density at radius 3 is 2.21 bits per heavy atom. The van der Waals surface area contributed by atoms with Gasteiger partial charge in [-0.25, -0.2) is 4.98 Å². The van der Waals surface area contributed by atoms with Crippen molar-refractivity contribution in [3.05, 3.63) is 54.4 Å². The van der Waals surface area contributed by atoms with Gasteiger partial charge in [-0.15, -0.1) is 0 Å². The number of hydrogen-bond donors (Lipinski definition) is 1. The first-order chi connectivity index (χ1) is 14.1. The summed E-state index contributed by atoms with van der Waals surface area (Å²) in [5, 5.41) is 4.64. The molecule has 4 rings (SSSR count). The standard InChI is InChI=1S/C22H22N4O3/c1-13-20(14-5-8-16(27-2)9-6-14)22-24-12-17(21(23)26(22)25-13)15-7-10-18(28-3)19(11-15)29-4/h5-12H,23H2,1-4H3. The monoisotopic (exact) mass is 390 g/mol.